The highest BCUT2D eigenvalue weighted by Crippen LogP contribution is 2.20. The average Bonchev–Trinajstić information content (AvgIpc) is 2.64. The van der Waals surface area contributed by atoms with Crippen LogP contribution >= 0.6 is 11.3 Å². The maximum absolute atomic E-state index is 12.6. The number of alkyl halides is 1. The quantitative estimate of drug-likeness (QED) is 0.446. The minimum absolute atomic E-state index is 0.368. The van der Waals surface area contributed by atoms with Gasteiger partial charge in [0.1, 0.15) is 11.2 Å². The molecule has 2 aromatic rings. The fourth-order valence-electron chi connectivity index (χ4n) is 1.53. The van der Waals surface area contributed by atoms with Crippen LogP contribution in [0.15, 0.2) is 24.3 Å². The first-order chi connectivity index (χ1) is 8.36. The van der Waals surface area contributed by atoms with Crippen molar-refractivity contribution in [3.63, 3.8) is 0 Å². The summed E-state index contributed by atoms with van der Waals surface area (Å²) < 4.78 is 54.8. The molecule has 0 aliphatic heterocycles. The molecule has 0 radical (unpaired) electrons. The highest BCUT2D eigenvalue weighted by molar-refractivity contribution is 7.18. The van der Waals surface area contributed by atoms with Crippen LogP contribution in [0.25, 0.3) is 10.2 Å². The van der Waals surface area contributed by atoms with Crippen molar-refractivity contribution in [2.45, 2.75) is 20.1 Å². The summed E-state index contributed by atoms with van der Waals surface area (Å²) in [7, 11) is -6.00. The van der Waals surface area contributed by atoms with E-state index in [0.29, 0.717) is 0 Å². The smallest absolute Gasteiger partial charge is 0.418 e. The Morgan fingerprint density at radius 2 is 1.72 bits per heavy atom. The molecule has 0 N–H and O–H groups in total. The summed E-state index contributed by atoms with van der Waals surface area (Å²) in [6.07, 6.45) is 0. The fraction of sp³-hybridized carbons (Fsp3) is 0.300. The standard InChI is InChI=1S/C10H11FNS.BF4/c1-2-12-8-5-3-4-6-9(8)13-10(12)7-11;2-1(3,4)5/h3-6H,2,7H2,1H3;/q+1;-1. The largest absolute Gasteiger partial charge is 0.673 e. The topological polar surface area (TPSA) is 3.88 Å². The van der Waals surface area contributed by atoms with Gasteiger partial charge >= 0.3 is 7.25 Å². The van der Waals surface area contributed by atoms with Crippen LogP contribution in [0.5, 0.6) is 0 Å². The zero-order valence-electron chi connectivity index (χ0n) is 9.55. The third-order valence-electron chi connectivity index (χ3n) is 2.12. The van der Waals surface area contributed by atoms with Crippen LogP contribution < -0.4 is 4.57 Å². The number of para-hydroxylation sites is 1. The van der Waals surface area contributed by atoms with Gasteiger partial charge in [0.05, 0.1) is 0 Å². The van der Waals surface area contributed by atoms with Crippen molar-refractivity contribution in [2.75, 3.05) is 0 Å². The first kappa shape index (κ1) is 14.9. The molecule has 0 unspecified atom stereocenters. The SMILES string of the molecule is CC[n+]1c(CF)sc2ccccc21.F[B-](F)(F)F. The Morgan fingerprint density at radius 1 is 1.17 bits per heavy atom. The van der Waals surface area contributed by atoms with Crippen molar-refractivity contribution < 1.29 is 26.2 Å². The van der Waals surface area contributed by atoms with E-state index >= 15 is 0 Å². The second-order valence-corrected chi connectivity index (χ2v) is 4.45. The molecule has 2 rings (SSSR count). The normalized spacial score (nSPS) is 11.2. The maximum Gasteiger partial charge on any atom is 0.673 e. The number of hydrogen-bond acceptors (Lipinski definition) is 1. The lowest BCUT2D eigenvalue weighted by molar-refractivity contribution is -0.671. The van der Waals surface area contributed by atoms with Crippen molar-refractivity contribution in [2.24, 2.45) is 0 Å². The van der Waals surface area contributed by atoms with Crippen molar-refractivity contribution in [1.82, 2.24) is 0 Å². The van der Waals surface area contributed by atoms with E-state index in [-0.39, 0.29) is 6.67 Å². The maximum atomic E-state index is 12.6. The number of fused-ring (bicyclic) bond motifs is 1. The molecule has 0 saturated heterocycles. The third kappa shape index (κ3) is 4.25. The van der Waals surface area contributed by atoms with Gasteiger partial charge < -0.3 is 17.3 Å². The number of thiazole rings is 1. The summed E-state index contributed by atoms with van der Waals surface area (Å²) in [6, 6.07) is 8.05. The van der Waals surface area contributed by atoms with Crippen LogP contribution in [0.4, 0.5) is 21.7 Å². The molecule has 1 aromatic heterocycles. The van der Waals surface area contributed by atoms with Crippen LogP contribution in [0.2, 0.25) is 0 Å². The van der Waals surface area contributed by atoms with Crippen molar-refractivity contribution in [3.8, 4) is 0 Å². The second-order valence-electron chi connectivity index (χ2n) is 3.34. The number of aromatic nitrogens is 1. The van der Waals surface area contributed by atoms with E-state index in [9.17, 15) is 21.7 Å². The summed E-state index contributed by atoms with van der Waals surface area (Å²) in [5, 5.41) is 0.809. The molecule has 0 aliphatic carbocycles. The van der Waals surface area contributed by atoms with E-state index in [1.807, 2.05) is 35.8 Å². The van der Waals surface area contributed by atoms with Gasteiger partial charge in [-0.2, -0.15) is 4.57 Å². The van der Waals surface area contributed by atoms with Gasteiger partial charge in [0.2, 0.25) is 5.52 Å². The molecule has 0 bridgehead atoms. The van der Waals surface area contributed by atoms with E-state index in [1.54, 1.807) is 0 Å². The minimum Gasteiger partial charge on any atom is -0.418 e. The lowest BCUT2D eigenvalue weighted by Crippen LogP contribution is -2.34. The lowest BCUT2D eigenvalue weighted by atomic mass is 10.3. The molecule has 1 aromatic carbocycles. The first-order valence-corrected chi connectivity index (χ1v) is 6.02. The van der Waals surface area contributed by atoms with Gasteiger partial charge in [0.15, 0.2) is 6.67 Å². The average molecular weight is 283 g/mol. The Morgan fingerprint density at radius 3 is 2.22 bits per heavy atom. The number of rotatable bonds is 2. The molecular formula is C10H11BF5NS. The van der Waals surface area contributed by atoms with Gasteiger partial charge in [0.25, 0.3) is 5.01 Å². The molecular weight excluding hydrogens is 272 g/mol. The molecule has 8 heteroatoms. The molecule has 0 aliphatic rings. The highest BCUT2D eigenvalue weighted by Gasteiger charge is 2.20. The molecule has 0 amide bonds. The third-order valence-corrected chi connectivity index (χ3v) is 3.25. The van der Waals surface area contributed by atoms with E-state index in [2.05, 4.69) is 0 Å². The molecule has 18 heavy (non-hydrogen) atoms. The van der Waals surface area contributed by atoms with Gasteiger partial charge in [-0.3, -0.25) is 0 Å². The monoisotopic (exact) mass is 283 g/mol. The van der Waals surface area contributed by atoms with Crippen molar-refractivity contribution in [1.29, 1.82) is 0 Å². The first-order valence-electron chi connectivity index (χ1n) is 5.20. The zero-order chi connectivity index (χ0) is 13.8. The van der Waals surface area contributed by atoms with E-state index in [0.717, 1.165) is 21.8 Å². The molecule has 0 saturated carbocycles. The molecule has 0 fully saturated rings. The Bertz CT molecular complexity index is 504. The lowest BCUT2D eigenvalue weighted by Gasteiger charge is -1.94. The number of benzene rings is 1. The van der Waals surface area contributed by atoms with E-state index in [4.69, 9.17) is 0 Å². The Hall–Kier alpha value is -1.18. The second kappa shape index (κ2) is 6.13. The molecule has 1 nitrogen and oxygen atoms in total. The summed E-state index contributed by atoms with van der Waals surface area (Å²) in [4.78, 5) is 0. The Balaban J connectivity index is 0.000000280. The van der Waals surface area contributed by atoms with Gasteiger partial charge in [-0.25, -0.2) is 4.39 Å². The van der Waals surface area contributed by atoms with Gasteiger partial charge in [-0.1, -0.05) is 23.5 Å². The number of hydrogen-bond donors (Lipinski definition) is 0. The summed E-state index contributed by atoms with van der Waals surface area (Å²) >= 11 is 1.54. The summed E-state index contributed by atoms with van der Waals surface area (Å²) in [5.74, 6) is 0. The molecule has 1 heterocycles. The Labute approximate surface area is 105 Å². The number of nitrogens with zero attached hydrogens (tertiary/aromatic N) is 1. The Kier molecular flexibility index (Phi) is 5.07. The summed E-state index contributed by atoms with van der Waals surface area (Å²) in [5.41, 5.74) is 1.14. The fourth-order valence-corrected chi connectivity index (χ4v) is 2.60. The van der Waals surface area contributed by atoms with Gasteiger partial charge in [0, 0.05) is 6.07 Å². The van der Waals surface area contributed by atoms with Gasteiger partial charge in [-0.15, -0.1) is 0 Å². The van der Waals surface area contributed by atoms with Crippen LogP contribution in [-0.4, -0.2) is 7.25 Å². The van der Waals surface area contributed by atoms with Crippen LogP contribution in [-0.2, 0) is 13.2 Å². The van der Waals surface area contributed by atoms with Crippen LogP contribution in [0.3, 0.4) is 0 Å². The van der Waals surface area contributed by atoms with Gasteiger partial charge in [-0.05, 0) is 13.0 Å². The van der Waals surface area contributed by atoms with Crippen LogP contribution in [0.1, 0.15) is 11.9 Å². The number of halogens is 5. The zero-order valence-corrected chi connectivity index (χ0v) is 10.4. The molecule has 0 atom stereocenters. The summed E-state index contributed by atoms with van der Waals surface area (Å²) in [6.45, 7) is 2.51. The molecule has 100 valence electrons. The minimum atomic E-state index is -6.00. The number of aryl methyl sites for hydroxylation is 1. The van der Waals surface area contributed by atoms with Crippen molar-refractivity contribution in [3.05, 3.63) is 29.3 Å². The predicted molar refractivity (Wildman–Crippen MR) is 62.7 cm³/mol. The van der Waals surface area contributed by atoms with Crippen molar-refractivity contribution >= 4 is 28.8 Å². The van der Waals surface area contributed by atoms with E-state index < -0.39 is 7.25 Å². The molecule has 0 spiro atoms. The highest BCUT2D eigenvalue weighted by atomic mass is 32.1. The predicted octanol–water partition coefficient (Wildman–Crippen LogP) is 3.98. The van der Waals surface area contributed by atoms with E-state index in [1.165, 1.54) is 11.3 Å². The van der Waals surface area contributed by atoms with Crippen LogP contribution in [0, 0.1) is 0 Å².